The van der Waals surface area contributed by atoms with E-state index in [9.17, 15) is 0 Å². The van der Waals surface area contributed by atoms with Crippen molar-refractivity contribution < 1.29 is 4.74 Å². The van der Waals surface area contributed by atoms with Gasteiger partial charge in [0.2, 0.25) is 0 Å². The molecule has 0 bridgehead atoms. The molecule has 0 aromatic carbocycles. The van der Waals surface area contributed by atoms with Crippen LogP contribution in [-0.2, 0) is 4.74 Å². The highest BCUT2D eigenvalue weighted by Gasteiger charge is 2.29. The third kappa shape index (κ3) is 3.62. The summed E-state index contributed by atoms with van der Waals surface area (Å²) in [7, 11) is 0. The van der Waals surface area contributed by atoms with Crippen molar-refractivity contribution >= 4 is 0 Å². The summed E-state index contributed by atoms with van der Waals surface area (Å²) in [5, 5.41) is 3.48. The van der Waals surface area contributed by atoms with Gasteiger partial charge in [-0.05, 0) is 32.0 Å². The Hall–Kier alpha value is -1.23. The Kier molecular flexibility index (Phi) is 5.51. The molecule has 0 amide bonds. The fourth-order valence-electron chi connectivity index (χ4n) is 2.56. The molecule has 2 unspecified atom stereocenters. The quantitative estimate of drug-likeness (QED) is 0.822. The average Bonchev–Trinajstić information content (AvgIpc) is 2.64. The molecule has 2 rings (SSSR count). The maximum absolute atomic E-state index is 5.89. The van der Waals surface area contributed by atoms with E-state index in [0.29, 0.717) is 0 Å². The van der Waals surface area contributed by atoms with Crippen LogP contribution in [0.15, 0.2) is 37.1 Å². The molecular weight excluding hydrogens is 238 g/mol. The summed E-state index contributed by atoms with van der Waals surface area (Å²) in [6.07, 6.45) is 4.91. The summed E-state index contributed by atoms with van der Waals surface area (Å²) in [4.78, 5) is 6.85. The molecule has 1 saturated heterocycles. The van der Waals surface area contributed by atoms with Gasteiger partial charge in [-0.1, -0.05) is 12.1 Å². The van der Waals surface area contributed by atoms with E-state index in [4.69, 9.17) is 4.74 Å². The molecule has 1 fully saturated rings. The molecule has 4 nitrogen and oxygen atoms in total. The third-order valence-electron chi connectivity index (χ3n) is 3.40. The fraction of sp³-hybridized carbons (Fsp3) is 0.533. The van der Waals surface area contributed by atoms with E-state index < -0.39 is 0 Å². The zero-order chi connectivity index (χ0) is 13.5. The van der Waals surface area contributed by atoms with Crippen molar-refractivity contribution in [2.75, 3.05) is 26.2 Å². The summed E-state index contributed by atoms with van der Waals surface area (Å²) in [6, 6.07) is 6.30. The van der Waals surface area contributed by atoms with Crippen molar-refractivity contribution in [3.8, 4) is 0 Å². The minimum Gasteiger partial charge on any atom is -0.363 e. The Balaban J connectivity index is 2.23. The van der Waals surface area contributed by atoms with Crippen LogP contribution in [0.2, 0.25) is 0 Å². The van der Waals surface area contributed by atoms with Crippen LogP contribution in [0.25, 0.3) is 0 Å². The molecule has 19 heavy (non-hydrogen) atoms. The Labute approximate surface area is 115 Å². The van der Waals surface area contributed by atoms with Crippen LogP contribution < -0.4 is 5.32 Å². The standard InChI is InChI=1S/C15H23N3O/c1-3-11-18-14(13-7-5-6-9-17-13)12-16-10-8-15(18)19-4-2/h3,5-7,9,14-16H,1,4,8,10-12H2,2H3. The topological polar surface area (TPSA) is 37.4 Å². The van der Waals surface area contributed by atoms with Crippen molar-refractivity contribution in [1.82, 2.24) is 15.2 Å². The van der Waals surface area contributed by atoms with Crippen LogP contribution in [0.5, 0.6) is 0 Å². The van der Waals surface area contributed by atoms with Crippen molar-refractivity contribution in [3.63, 3.8) is 0 Å². The monoisotopic (exact) mass is 261 g/mol. The van der Waals surface area contributed by atoms with Crippen molar-refractivity contribution in [3.05, 3.63) is 42.7 Å². The molecule has 2 heterocycles. The first-order valence-electron chi connectivity index (χ1n) is 6.96. The molecule has 0 spiro atoms. The number of hydrogen-bond donors (Lipinski definition) is 1. The Bertz CT molecular complexity index is 382. The first-order valence-corrected chi connectivity index (χ1v) is 6.96. The maximum atomic E-state index is 5.89. The van der Waals surface area contributed by atoms with Gasteiger partial charge in [-0.15, -0.1) is 6.58 Å². The van der Waals surface area contributed by atoms with Gasteiger partial charge in [0, 0.05) is 25.9 Å². The van der Waals surface area contributed by atoms with E-state index >= 15 is 0 Å². The van der Waals surface area contributed by atoms with Gasteiger partial charge >= 0.3 is 0 Å². The Morgan fingerprint density at radius 3 is 3.16 bits per heavy atom. The molecule has 0 radical (unpaired) electrons. The molecule has 0 aliphatic carbocycles. The second-order valence-corrected chi connectivity index (χ2v) is 4.66. The van der Waals surface area contributed by atoms with E-state index in [2.05, 4.69) is 27.8 Å². The lowest BCUT2D eigenvalue weighted by Crippen LogP contribution is -2.41. The predicted molar refractivity (Wildman–Crippen MR) is 76.8 cm³/mol. The lowest BCUT2D eigenvalue weighted by Gasteiger charge is -2.34. The summed E-state index contributed by atoms with van der Waals surface area (Å²) in [5.74, 6) is 0. The van der Waals surface area contributed by atoms with Gasteiger partial charge in [0.05, 0.1) is 11.7 Å². The first-order chi connectivity index (χ1) is 9.36. The minimum atomic E-state index is 0.130. The molecule has 2 atom stereocenters. The molecule has 1 N–H and O–H groups in total. The summed E-state index contributed by atoms with van der Waals surface area (Å²) in [5.41, 5.74) is 1.09. The third-order valence-corrected chi connectivity index (χ3v) is 3.40. The molecular formula is C15H23N3O. The predicted octanol–water partition coefficient (Wildman–Crippen LogP) is 1.97. The summed E-state index contributed by atoms with van der Waals surface area (Å²) >= 11 is 0. The van der Waals surface area contributed by atoms with Gasteiger partial charge in [0.15, 0.2) is 0 Å². The number of aromatic nitrogens is 1. The molecule has 1 aliphatic rings. The lowest BCUT2D eigenvalue weighted by atomic mass is 10.1. The van der Waals surface area contributed by atoms with Crippen LogP contribution in [0, 0.1) is 0 Å². The summed E-state index contributed by atoms with van der Waals surface area (Å²) < 4.78 is 5.89. The van der Waals surface area contributed by atoms with Gasteiger partial charge in [0.25, 0.3) is 0 Å². The first kappa shape index (κ1) is 14.2. The molecule has 4 heteroatoms. The highest BCUT2D eigenvalue weighted by atomic mass is 16.5. The maximum Gasteiger partial charge on any atom is 0.112 e. The molecule has 1 aliphatic heterocycles. The number of nitrogens with zero attached hydrogens (tertiary/aromatic N) is 2. The zero-order valence-electron chi connectivity index (χ0n) is 11.6. The lowest BCUT2D eigenvalue weighted by molar-refractivity contribution is -0.0663. The van der Waals surface area contributed by atoms with Crippen molar-refractivity contribution in [1.29, 1.82) is 0 Å². The fourth-order valence-corrected chi connectivity index (χ4v) is 2.56. The largest absolute Gasteiger partial charge is 0.363 e. The van der Waals surface area contributed by atoms with Crippen LogP contribution in [0.1, 0.15) is 25.1 Å². The SMILES string of the molecule is C=CCN1C(OCC)CCNCC1c1ccccn1. The number of hydrogen-bond acceptors (Lipinski definition) is 4. The smallest absolute Gasteiger partial charge is 0.112 e. The second kappa shape index (κ2) is 7.38. The number of ether oxygens (including phenoxy) is 1. The van der Waals surface area contributed by atoms with E-state index in [1.165, 1.54) is 0 Å². The van der Waals surface area contributed by atoms with E-state index in [0.717, 1.165) is 38.4 Å². The number of nitrogens with one attached hydrogen (secondary N) is 1. The van der Waals surface area contributed by atoms with E-state index in [1.54, 1.807) is 0 Å². The normalized spacial score (nSPS) is 24.9. The molecule has 104 valence electrons. The van der Waals surface area contributed by atoms with Crippen LogP contribution in [0.3, 0.4) is 0 Å². The van der Waals surface area contributed by atoms with E-state index in [-0.39, 0.29) is 12.3 Å². The Morgan fingerprint density at radius 2 is 2.47 bits per heavy atom. The highest BCUT2D eigenvalue weighted by Crippen LogP contribution is 2.24. The van der Waals surface area contributed by atoms with Gasteiger partial charge in [-0.2, -0.15) is 0 Å². The van der Waals surface area contributed by atoms with Gasteiger partial charge < -0.3 is 10.1 Å². The summed E-state index contributed by atoms with van der Waals surface area (Å²) in [6.45, 7) is 9.33. The zero-order valence-corrected chi connectivity index (χ0v) is 11.6. The molecule has 0 saturated carbocycles. The van der Waals surface area contributed by atoms with Gasteiger partial charge in [0.1, 0.15) is 6.23 Å². The second-order valence-electron chi connectivity index (χ2n) is 4.66. The highest BCUT2D eigenvalue weighted by molar-refractivity contribution is 5.11. The van der Waals surface area contributed by atoms with Crippen LogP contribution >= 0.6 is 0 Å². The number of pyridine rings is 1. The minimum absolute atomic E-state index is 0.130. The molecule has 1 aromatic rings. The van der Waals surface area contributed by atoms with Crippen LogP contribution in [-0.4, -0.2) is 42.4 Å². The van der Waals surface area contributed by atoms with E-state index in [1.807, 2.05) is 31.3 Å². The van der Waals surface area contributed by atoms with Crippen LogP contribution in [0.4, 0.5) is 0 Å². The number of rotatable bonds is 5. The van der Waals surface area contributed by atoms with Gasteiger partial charge in [-0.3, -0.25) is 9.88 Å². The van der Waals surface area contributed by atoms with Crippen molar-refractivity contribution in [2.24, 2.45) is 0 Å². The molecule has 1 aromatic heterocycles. The Morgan fingerprint density at radius 1 is 1.58 bits per heavy atom. The van der Waals surface area contributed by atoms with Gasteiger partial charge in [-0.25, -0.2) is 0 Å². The average molecular weight is 261 g/mol. The van der Waals surface area contributed by atoms with Crippen molar-refractivity contribution in [2.45, 2.75) is 25.6 Å².